The van der Waals surface area contributed by atoms with Crippen LogP contribution in [-0.4, -0.2) is 16.6 Å². The first-order valence-electron chi connectivity index (χ1n) is 3.59. The van der Waals surface area contributed by atoms with Crippen LogP contribution in [0.4, 0.5) is 0 Å². The van der Waals surface area contributed by atoms with E-state index < -0.39 is 0 Å². The Labute approximate surface area is 76.1 Å². The summed E-state index contributed by atoms with van der Waals surface area (Å²) in [5.41, 5.74) is 0.739. The number of halogens is 1. The van der Waals surface area contributed by atoms with Crippen LogP contribution in [0.15, 0.2) is 18.5 Å². The molecule has 1 aromatic heterocycles. The second-order valence-electron chi connectivity index (χ2n) is 2.01. The van der Waals surface area contributed by atoms with Crippen LogP contribution < -0.4 is 0 Å². The van der Waals surface area contributed by atoms with Gasteiger partial charge < -0.3 is 4.74 Å². The quantitative estimate of drug-likeness (QED) is 0.533. The summed E-state index contributed by atoms with van der Waals surface area (Å²) in [6.45, 7) is 2.56. The van der Waals surface area contributed by atoms with E-state index in [1.807, 2.05) is 6.92 Å². The maximum atomic E-state index is 5.56. The summed E-state index contributed by atoms with van der Waals surface area (Å²) in [5, 5.41) is 0.244. The normalized spacial score (nSPS) is 10.5. The lowest BCUT2D eigenvalue weighted by Gasteiger charge is -1.93. The lowest BCUT2D eigenvalue weighted by molar-refractivity contribution is 0.272. The number of aromatic nitrogens is 2. The third-order valence-corrected chi connectivity index (χ3v) is 1.33. The minimum atomic E-state index is 0.244. The molecule has 0 unspecified atom stereocenters. The first kappa shape index (κ1) is 9.00. The molecule has 0 radical (unpaired) electrons. The van der Waals surface area contributed by atoms with Crippen molar-refractivity contribution >= 4 is 17.7 Å². The van der Waals surface area contributed by atoms with Gasteiger partial charge in [0.1, 0.15) is 0 Å². The van der Waals surface area contributed by atoms with Crippen molar-refractivity contribution in [1.82, 2.24) is 9.97 Å². The van der Waals surface area contributed by atoms with Gasteiger partial charge in [0, 0.05) is 6.20 Å². The molecule has 64 valence electrons. The number of hydrogen-bond donors (Lipinski definition) is 0. The maximum absolute atomic E-state index is 5.56. The predicted octanol–water partition coefficient (Wildman–Crippen LogP) is 2.14. The fourth-order valence-electron chi connectivity index (χ4n) is 0.655. The fourth-order valence-corrected chi connectivity index (χ4v) is 0.809. The zero-order valence-corrected chi connectivity index (χ0v) is 7.45. The fraction of sp³-hybridized carbons (Fsp3) is 0.250. The summed E-state index contributed by atoms with van der Waals surface area (Å²) in [4.78, 5) is 7.68. The van der Waals surface area contributed by atoms with Crippen LogP contribution in [0, 0.1) is 0 Å². The van der Waals surface area contributed by atoms with Gasteiger partial charge in [0.2, 0.25) is 5.28 Å². The average Bonchev–Trinajstić information content (AvgIpc) is 2.05. The molecule has 0 atom stereocenters. The van der Waals surface area contributed by atoms with Crippen molar-refractivity contribution in [3.8, 4) is 0 Å². The van der Waals surface area contributed by atoms with E-state index in [0.717, 1.165) is 5.69 Å². The van der Waals surface area contributed by atoms with E-state index in [-0.39, 0.29) is 5.28 Å². The molecule has 0 amide bonds. The van der Waals surface area contributed by atoms with E-state index >= 15 is 0 Å². The number of rotatable bonds is 3. The van der Waals surface area contributed by atoms with E-state index in [2.05, 4.69) is 9.97 Å². The highest BCUT2D eigenvalue weighted by Gasteiger charge is 1.90. The zero-order valence-electron chi connectivity index (χ0n) is 6.70. The molecule has 0 aromatic carbocycles. The Bertz CT molecular complexity index is 276. The Hall–Kier alpha value is -1.09. The van der Waals surface area contributed by atoms with Crippen molar-refractivity contribution in [1.29, 1.82) is 0 Å². The third kappa shape index (κ3) is 2.88. The Morgan fingerprint density at radius 1 is 1.67 bits per heavy atom. The molecule has 0 aliphatic heterocycles. The van der Waals surface area contributed by atoms with Gasteiger partial charge >= 0.3 is 0 Å². The van der Waals surface area contributed by atoms with Crippen molar-refractivity contribution in [2.45, 2.75) is 6.92 Å². The monoisotopic (exact) mass is 184 g/mol. The number of nitrogens with zero attached hydrogens (tertiary/aromatic N) is 2. The largest absolute Gasteiger partial charge is 0.501 e. The molecule has 12 heavy (non-hydrogen) atoms. The number of hydrogen-bond acceptors (Lipinski definition) is 3. The van der Waals surface area contributed by atoms with E-state index in [4.69, 9.17) is 16.3 Å². The van der Waals surface area contributed by atoms with Crippen molar-refractivity contribution in [3.63, 3.8) is 0 Å². The smallest absolute Gasteiger partial charge is 0.222 e. The molecule has 1 heterocycles. The summed E-state index contributed by atoms with van der Waals surface area (Å²) < 4.78 is 4.99. The van der Waals surface area contributed by atoms with E-state index in [1.54, 1.807) is 24.6 Å². The second kappa shape index (κ2) is 4.72. The maximum Gasteiger partial charge on any atom is 0.222 e. The first-order valence-corrected chi connectivity index (χ1v) is 3.97. The summed E-state index contributed by atoms with van der Waals surface area (Å²) in [7, 11) is 0. The standard InChI is InChI=1S/C8H9ClN2O/c1-2-12-6-4-7-3-5-10-8(9)11-7/h3-6H,2H2,1H3. The summed E-state index contributed by atoms with van der Waals surface area (Å²) in [5.74, 6) is 0. The summed E-state index contributed by atoms with van der Waals surface area (Å²) in [6.07, 6.45) is 4.91. The molecular weight excluding hydrogens is 176 g/mol. The van der Waals surface area contributed by atoms with Crippen LogP contribution in [0.25, 0.3) is 6.08 Å². The highest BCUT2D eigenvalue weighted by molar-refractivity contribution is 6.28. The molecule has 0 saturated heterocycles. The van der Waals surface area contributed by atoms with Gasteiger partial charge in [-0.15, -0.1) is 0 Å². The first-order chi connectivity index (χ1) is 5.83. The van der Waals surface area contributed by atoms with Gasteiger partial charge in [-0.1, -0.05) is 0 Å². The van der Waals surface area contributed by atoms with Crippen LogP contribution in [0.1, 0.15) is 12.6 Å². The molecule has 0 saturated carbocycles. The minimum Gasteiger partial charge on any atom is -0.501 e. The minimum absolute atomic E-state index is 0.244. The third-order valence-electron chi connectivity index (χ3n) is 1.15. The zero-order chi connectivity index (χ0) is 8.81. The van der Waals surface area contributed by atoms with Crippen molar-refractivity contribution in [3.05, 3.63) is 29.5 Å². The Morgan fingerprint density at radius 2 is 2.50 bits per heavy atom. The van der Waals surface area contributed by atoms with Crippen LogP contribution in [0.2, 0.25) is 5.28 Å². The van der Waals surface area contributed by atoms with E-state index in [1.165, 1.54) is 0 Å². The molecule has 0 aliphatic carbocycles. The predicted molar refractivity (Wildman–Crippen MR) is 47.7 cm³/mol. The summed E-state index contributed by atoms with van der Waals surface area (Å²) >= 11 is 5.56. The lowest BCUT2D eigenvalue weighted by atomic mass is 10.4. The van der Waals surface area contributed by atoms with Gasteiger partial charge in [-0.3, -0.25) is 0 Å². The Morgan fingerprint density at radius 3 is 3.17 bits per heavy atom. The SMILES string of the molecule is CCOC=Cc1ccnc(Cl)n1. The van der Waals surface area contributed by atoms with Gasteiger partial charge in [-0.25, -0.2) is 9.97 Å². The van der Waals surface area contributed by atoms with Crippen molar-refractivity contribution in [2.24, 2.45) is 0 Å². The molecule has 0 spiro atoms. The van der Waals surface area contributed by atoms with Crippen molar-refractivity contribution in [2.75, 3.05) is 6.61 Å². The molecule has 0 N–H and O–H groups in total. The van der Waals surface area contributed by atoms with Gasteiger partial charge in [0.05, 0.1) is 18.6 Å². The molecule has 0 bridgehead atoms. The summed E-state index contributed by atoms with van der Waals surface area (Å²) in [6, 6.07) is 1.75. The van der Waals surface area contributed by atoms with Crippen LogP contribution >= 0.6 is 11.6 Å². The van der Waals surface area contributed by atoms with Gasteiger partial charge in [0.15, 0.2) is 0 Å². The Kier molecular flexibility index (Phi) is 3.54. The van der Waals surface area contributed by atoms with E-state index in [9.17, 15) is 0 Å². The highest BCUT2D eigenvalue weighted by atomic mass is 35.5. The highest BCUT2D eigenvalue weighted by Crippen LogP contribution is 2.02. The molecular formula is C8H9ClN2O. The molecule has 0 fully saturated rings. The van der Waals surface area contributed by atoms with Crippen LogP contribution in [0.3, 0.4) is 0 Å². The molecule has 3 nitrogen and oxygen atoms in total. The average molecular weight is 185 g/mol. The van der Waals surface area contributed by atoms with Crippen LogP contribution in [-0.2, 0) is 4.74 Å². The molecule has 4 heteroatoms. The van der Waals surface area contributed by atoms with Crippen LogP contribution in [0.5, 0.6) is 0 Å². The van der Waals surface area contributed by atoms with Gasteiger partial charge in [-0.05, 0) is 30.7 Å². The molecule has 1 aromatic rings. The molecule has 1 rings (SSSR count). The van der Waals surface area contributed by atoms with Gasteiger partial charge in [-0.2, -0.15) is 0 Å². The molecule has 0 aliphatic rings. The van der Waals surface area contributed by atoms with E-state index in [0.29, 0.717) is 6.61 Å². The topological polar surface area (TPSA) is 35.0 Å². The lowest BCUT2D eigenvalue weighted by Crippen LogP contribution is -1.84. The Balaban J connectivity index is 2.63. The van der Waals surface area contributed by atoms with Gasteiger partial charge in [0.25, 0.3) is 0 Å². The number of ether oxygens (including phenoxy) is 1. The van der Waals surface area contributed by atoms with Crippen molar-refractivity contribution < 1.29 is 4.74 Å². The second-order valence-corrected chi connectivity index (χ2v) is 2.35.